The number of phenols is 1. The van der Waals surface area contributed by atoms with E-state index < -0.39 is 0 Å². The number of ether oxygens (including phenoxy) is 1. The highest BCUT2D eigenvalue weighted by molar-refractivity contribution is 5.59. The van der Waals surface area contributed by atoms with Gasteiger partial charge in [-0.2, -0.15) is 0 Å². The minimum absolute atomic E-state index is 0.317. The van der Waals surface area contributed by atoms with Crippen LogP contribution in [-0.4, -0.2) is 18.3 Å². The highest BCUT2D eigenvalue weighted by Crippen LogP contribution is 2.31. The molecule has 2 aromatic carbocycles. The third-order valence-corrected chi connectivity index (χ3v) is 3.32. The van der Waals surface area contributed by atoms with Crippen molar-refractivity contribution in [3.05, 3.63) is 54.1 Å². The first kappa shape index (κ1) is 11.9. The molecule has 0 atom stereocenters. The van der Waals surface area contributed by atoms with Crippen LogP contribution >= 0.6 is 0 Å². The van der Waals surface area contributed by atoms with Crippen LogP contribution in [0, 0.1) is 0 Å². The van der Waals surface area contributed by atoms with E-state index in [1.807, 2.05) is 36.4 Å². The number of phenolic OH excluding ortho intramolecular Hbond substituents is 1. The number of aromatic hydroxyl groups is 1. The Labute approximate surface area is 113 Å². The molecule has 1 aliphatic rings. The van der Waals surface area contributed by atoms with Crippen LogP contribution in [0.2, 0.25) is 0 Å². The summed E-state index contributed by atoms with van der Waals surface area (Å²) in [5.74, 6) is 1.26. The van der Waals surface area contributed by atoms with Crippen molar-refractivity contribution in [3.63, 3.8) is 0 Å². The van der Waals surface area contributed by atoms with E-state index in [2.05, 4.69) is 11.0 Å². The summed E-state index contributed by atoms with van der Waals surface area (Å²) in [6.45, 7) is 2.51. The lowest BCUT2D eigenvalue weighted by Crippen LogP contribution is -2.23. The Morgan fingerprint density at radius 1 is 1.11 bits per heavy atom. The van der Waals surface area contributed by atoms with Gasteiger partial charge in [-0.1, -0.05) is 24.3 Å². The number of nitrogens with zero attached hydrogens (tertiary/aromatic N) is 1. The summed E-state index contributed by atoms with van der Waals surface area (Å²) in [5.41, 5.74) is 2.24. The fourth-order valence-electron chi connectivity index (χ4n) is 2.44. The van der Waals surface area contributed by atoms with Gasteiger partial charge in [0.05, 0.1) is 12.3 Å². The third-order valence-electron chi connectivity index (χ3n) is 3.32. The smallest absolute Gasteiger partial charge is 0.142 e. The van der Waals surface area contributed by atoms with E-state index in [0.29, 0.717) is 5.75 Å². The van der Waals surface area contributed by atoms with Gasteiger partial charge < -0.3 is 14.7 Å². The highest BCUT2D eigenvalue weighted by atomic mass is 16.5. The minimum Gasteiger partial charge on any atom is -0.508 e. The standard InChI is InChI=1S/C16H17NO2/c18-14-6-3-5-13(11-14)12-17-9-4-10-19-16-8-2-1-7-15(16)17/h1-3,5-8,11,18H,4,9-10,12H2. The van der Waals surface area contributed by atoms with Crippen molar-refractivity contribution in [1.29, 1.82) is 0 Å². The molecule has 0 aromatic heterocycles. The summed E-state index contributed by atoms with van der Waals surface area (Å²) in [7, 11) is 0. The van der Waals surface area contributed by atoms with Gasteiger partial charge in [-0.3, -0.25) is 0 Å². The first-order valence-corrected chi connectivity index (χ1v) is 6.57. The van der Waals surface area contributed by atoms with E-state index in [1.54, 1.807) is 6.07 Å². The number of benzene rings is 2. The Balaban J connectivity index is 1.88. The molecule has 2 aromatic rings. The van der Waals surface area contributed by atoms with Crippen molar-refractivity contribution in [2.24, 2.45) is 0 Å². The SMILES string of the molecule is Oc1cccc(CN2CCCOc3ccccc32)c1. The maximum absolute atomic E-state index is 9.55. The molecular formula is C16H17NO2. The van der Waals surface area contributed by atoms with E-state index >= 15 is 0 Å². The van der Waals surface area contributed by atoms with Crippen LogP contribution in [0.3, 0.4) is 0 Å². The lowest BCUT2D eigenvalue weighted by atomic mass is 10.1. The van der Waals surface area contributed by atoms with Gasteiger partial charge in [-0.05, 0) is 36.2 Å². The van der Waals surface area contributed by atoms with Crippen LogP contribution in [0.25, 0.3) is 0 Å². The Kier molecular flexibility index (Phi) is 3.27. The highest BCUT2D eigenvalue weighted by Gasteiger charge is 2.15. The molecule has 0 saturated heterocycles. The summed E-state index contributed by atoms with van der Waals surface area (Å²) in [5, 5.41) is 9.55. The molecule has 0 aliphatic carbocycles. The molecule has 3 rings (SSSR count). The summed E-state index contributed by atoms with van der Waals surface area (Å²) >= 11 is 0. The predicted octanol–water partition coefficient (Wildman–Crippen LogP) is 3.18. The van der Waals surface area contributed by atoms with Crippen molar-refractivity contribution in [1.82, 2.24) is 0 Å². The van der Waals surface area contributed by atoms with Crippen LogP contribution in [0.5, 0.6) is 11.5 Å². The normalized spacial score (nSPS) is 14.4. The quantitative estimate of drug-likeness (QED) is 0.894. The van der Waals surface area contributed by atoms with Gasteiger partial charge in [0.25, 0.3) is 0 Å². The maximum Gasteiger partial charge on any atom is 0.142 e. The van der Waals surface area contributed by atoms with Gasteiger partial charge in [0.1, 0.15) is 11.5 Å². The average molecular weight is 255 g/mol. The summed E-state index contributed by atoms with van der Waals surface area (Å²) in [4.78, 5) is 2.30. The molecule has 1 heterocycles. The summed E-state index contributed by atoms with van der Waals surface area (Å²) in [6.07, 6.45) is 1.01. The van der Waals surface area contributed by atoms with E-state index in [9.17, 15) is 5.11 Å². The second-order valence-corrected chi connectivity index (χ2v) is 4.76. The summed E-state index contributed by atoms with van der Waals surface area (Å²) < 4.78 is 5.75. The lowest BCUT2D eigenvalue weighted by molar-refractivity contribution is 0.322. The van der Waals surface area contributed by atoms with Crippen LogP contribution in [0.1, 0.15) is 12.0 Å². The first-order valence-electron chi connectivity index (χ1n) is 6.57. The van der Waals surface area contributed by atoms with Crippen LogP contribution < -0.4 is 9.64 Å². The number of rotatable bonds is 2. The van der Waals surface area contributed by atoms with Crippen molar-refractivity contribution in [3.8, 4) is 11.5 Å². The molecule has 0 bridgehead atoms. The van der Waals surface area contributed by atoms with E-state index in [4.69, 9.17) is 4.74 Å². The second-order valence-electron chi connectivity index (χ2n) is 4.76. The number of fused-ring (bicyclic) bond motifs is 1. The molecule has 0 radical (unpaired) electrons. The van der Waals surface area contributed by atoms with Gasteiger partial charge in [-0.15, -0.1) is 0 Å². The monoisotopic (exact) mass is 255 g/mol. The van der Waals surface area contributed by atoms with Gasteiger partial charge >= 0.3 is 0 Å². The fourth-order valence-corrected chi connectivity index (χ4v) is 2.44. The molecule has 1 N–H and O–H groups in total. The van der Waals surface area contributed by atoms with Crippen molar-refractivity contribution in [2.75, 3.05) is 18.1 Å². The Morgan fingerprint density at radius 2 is 2.00 bits per heavy atom. The van der Waals surface area contributed by atoms with Crippen LogP contribution in [0.4, 0.5) is 5.69 Å². The van der Waals surface area contributed by atoms with E-state index in [0.717, 1.165) is 43.1 Å². The van der Waals surface area contributed by atoms with E-state index in [1.165, 1.54) is 0 Å². The van der Waals surface area contributed by atoms with Crippen molar-refractivity contribution >= 4 is 5.69 Å². The third kappa shape index (κ3) is 2.65. The molecule has 0 fully saturated rings. The molecule has 3 nitrogen and oxygen atoms in total. The average Bonchev–Trinajstić information content (AvgIpc) is 2.62. The zero-order valence-corrected chi connectivity index (χ0v) is 10.7. The fraction of sp³-hybridized carbons (Fsp3) is 0.250. The van der Waals surface area contributed by atoms with Crippen molar-refractivity contribution in [2.45, 2.75) is 13.0 Å². The zero-order valence-electron chi connectivity index (χ0n) is 10.7. The molecule has 0 spiro atoms. The van der Waals surface area contributed by atoms with Crippen LogP contribution in [0.15, 0.2) is 48.5 Å². The molecular weight excluding hydrogens is 238 g/mol. The van der Waals surface area contributed by atoms with Crippen LogP contribution in [-0.2, 0) is 6.54 Å². The Hall–Kier alpha value is -2.16. The van der Waals surface area contributed by atoms with Gasteiger partial charge in [0.15, 0.2) is 0 Å². The second kappa shape index (κ2) is 5.22. The minimum atomic E-state index is 0.317. The number of hydrogen-bond donors (Lipinski definition) is 1. The largest absolute Gasteiger partial charge is 0.508 e. The topological polar surface area (TPSA) is 32.7 Å². The molecule has 0 unspecified atom stereocenters. The van der Waals surface area contributed by atoms with Gasteiger partial charge in [-0.25, -0.2) is 0 Å². The molecule has 19 heavy (non-hydrogen) atoms. The van der Waals surface area contributed by atoms with Gasteiger partial charge in [0.2, 0.25) is 0 Å². The van der Waals surface area contributed by atoms with E-state index in [-0.39, 0.29) is 0 Å². The lowest BCUT2D eigenvalue weighted by Gasteiger charge is -2.23. The Bertz CT molecular complexity index is 568. The first-order chi connectivity index (χ1) is 9.33. The maximum atomic E-state index is 9.55. The molecule has 0 amide bonds. The molecule has 1 aliphatic heterocycles. The molecule has 0 saturated carbocycles. The number of hydrogen-bond acceptors (Lipinski definition) is 3. The molecule has 98 valence electrons. The van der Waals surface area contributed by atoms with Crippen molar-refractivity contribution < 1.29 is 9.84 Å². The number of para-hydroxylation sites is 2. The predicted molar refractivity (Wildman–Crippen MR) is 75.7 cm³/mol. The molecule has 3 heteroatoms. The Morgan fingerprint density at radius 3 is 2.89 bits per heavy atom. The summed E-state index contributed by atoms with van der Waals surface area (Å²) in [6, 6.07) is 15.6. The van der Waals surface area contributed by atoms with Gasteiger partial charge in [0, 0.05) is 13.1 Å². The zero-order chi connectivity index (χ0) is 13.1. The number of anilines is 1.